The Morgan fingerprint density at radius 3 is 2.44 bits per heavy atom. The van der Waals surface area contributed by atoms with Gasteiger partial charge in [0.1, 0.15) is 18.1 Å². The number of benzene rings is 2. The second kappa shape index (κ2) is 9.40. The average molecular weight is 497 g/mol. The first-order valence-electron chi connectivity index (χ1n) is 12.0. The van der Waals surface area contributed by atoms with Crippen molar-refractivity contribution in [2.75, 3.05) is 0 Å². The van der Waals surface area contributed by atoms with Gasteiger partial charge in [0.2, 0.25) is 0 Å². The van der Waals surface area contributed by atoms with E-state index in [2.05, 4.69) is 61.1 Å². The van der Waals surface area contributed by atoms with Gasteiger partial charge in [-0.2, -0.15) is 5.10 Å². The molecule has 0 aliphatic heterocycles. The molecule has 5 rings (SSSR count). The monoisotopic (exact) mass is 496 g/mol. The molecule has 0 unspecified atom stereocenters. The van der Waals surface area contributed by atoms with Crippen LogP contribution in [-0.2, 0) is 12.0 Å². The van der Waals surface area contributed by atoms with Crippen molar-refractivity contribution in [3.05, 3.63) is 94.3 Å². The predicted octanol–water partition coefficient (Wildman–Crippen LogP) is 7.83. The Labute approximate surface area is 216 Å². The van der Waals surface area contributed by atoms with E-state index in [1.165, 1.54) is 0 Å². The molecule has 5 aromatic rings. The number of nitrogens with one attached hydrogen (secondary N) is 1. The first-order valence-corrected chi connectivity index (χ1v) is 12.4. The number of halogens is 1. The minimum Gasteiger partial charge on any atom is -0.488 e. The van der Waals surface area contributed by atoms with Gasteiger partial charge in [-0.15, -0.1) is 0 Å². The molecule has 6 heteroatoms. The molecule has 0 saturated heterocycles. The Morgan fingerprint density at radius 1 is 0.972 bits per heavy atom. The maximum Gasteiger partial charge on any atom is 0.133 e. The van der Waals surface area contributed by atoms with Crippen LogP contribution in [-0.4, -0.2) is 20.2 Å². The third-order valence-electron chi connectivity index (χ3n) is 6.38. The summed E-state index contributed by atoms with van der Waals surface area (Å²) in [5, 5.41) is 8.87. The molecule has 0 fully saturated rings. The molecule has 182 valence electrons. The van der Waals surface area contributed by atoms with Gasteiger partial charge in [-0.25, -0.2) is 4.98 Å². The van der Waals surface area contributed by atoms with Gasteiger partial charge in [-0.05, 0) is 53.6 Å². The van der Waals surface area contributed by atoms with Gasteiger partial charge in [-0.3, -0.25) is 10.1 Å². The maximum absolute atomic E-state index is 6.77. The third kappa shape index (κ3) is 4.59. The largest absolute Gasteiger partial charge is 0.488 e. The summed E-state index contributed by atoms with van der Waals surface area (Å²) in [4.78, 5) is 9.73. The number of fused-ring (bicyclic) bond motifs is 1. The van der Waals surface area contributed by atoms with Crippen LogP contribution in [0.3, 0.4) is 0 Å². The smallest absolute Gasteiger partial charge is 0.133 e. The summed E-state index contributed by atoms with van der Waals surface area (Å²) in [6.45, 7) is 11.0. The SMILES string of the molecule is Cc1cc(C(C)(C)C)c(Cl)cc1-c1cc(OCc2ccccc2)c2c(-c3[nH]ncc3C)nccc2n1. The van der Waals surface area contributed by atoms with Crippen molar-refractivity contribution in [1.82, 2.24) is 20.2 Å². The number of aromatic nitrogens is 4. The van der Waals surface area contributed by atoms with E-state index < -0.39 is 0 Å². The van der Waals surface area contributed by atoms with Crippen LogP contribution in [0.2, 0.25) is 5.02 Å². The van der Waals surface area contributed by atoms with Crippen molar-refractivity contribution >= 4 is 22.5 Å². The number of hydrogen-bond acceptors (Lipinski definition) is 4. The molecular weight excluding hydrogens is 468 g/mol. The van der Waals surface area contributed by atoms with E-state index in [0.717, 1.165) is 60.8 Å². The molecule has 0 spiro atoms. The van der Waals surface area contributed by atoms with Crippen LogP contribution in [0.4, 0.5) is 0 Å². The molecular formula is C30H29ClN4O. The summed E-state index contributed by atoms with van der Waals surface area (Å²) >= 11 is 6.77. The van der Waals surface area contributed by atoms with E-state index in [1.807, 2.05) is 43.3 Å². The molecule has 0 amide bonds. The van der Waals surface area contributed by atoms with Crippen LogP contribution >= 0.6 is 11.6 Å². The number of aromatic amines is 1. The van der Waals surface area contributed by atoms with Crippen LogP contribution in [0.5, 0.6) is 5.75 Å². The highest BCUT2D eigenvalue weighted by atomic mass is 35.5. The van der Waals surface area contributed by atoms with E-state index in [1.54, 1.807) is 12.4 Å². The summed E-state index contributed by atoms with van der Waals surface area (Å²) in [7, 11) is 0. The van der Waals surface area contributed by atoms with E-state index in [0.29, 0.717) is 12.4 Å². The van der Waals surface area contributed by atoms with Gasteiger partial charge < -0.3 is 4.74 Å². The van der Waals surface area contributed by atoms with Crippen molar-refractivity contribution in [1.29, 1.82) is 0 Å². The van der Waals surface area contributed by atoms with Crippen molar-refractivity contribution < 1.29 is 4.74 Å². The van der Waals surface area contributed by atoms with Crippen LogP contribution in [0.15, 0.2) is 67.0 Å². The average Bonchev–Trinajstić information content (AvgIpc) is 3.28. The molecule has 0 radical (unpaired) electrons. The first kappa shape index (κ1) is 24.0. The van der Waals surface area contributed by atoms with Gasteiger partial charge in [0.15, 0.2) is 0 Å². The molecule has 1 N–H and O–H groups in total. The number of nitrogens with zero attached hydrogens (tertiary/aromatic N) is 3. The minimum atomic E-state index is -0.0519. The summed E-state index contributed by atoms with van der Waals surface area (Å²) in [5.41, 5.74) is 8.48. The van der Waals surface area contributed by atoms with E-state index in [9.17, 15) is 0 Å². The second-order valence-electron chi connectivity index (χ2n) is 10.2. The van der Waals surface area contributed by atoms with Crippen molar-refractivity contribution in [3.8, 4) is 28.4 Å². The lowest BCUT2D eigenvalue weighted by Crippen LogP contribution is -2.12. The number of ether oxygens (including phenoxy) is 1. The number of rotatable bonds is 5. The highest BCUT2D eigenvalue weighted by molar-refractivity contribution is 6.31. The Bertz CT molecular complexity index is 1550. The standard InChI is InChI=1S/C30H29ClN4O/c1-18-13-22(30(3,4)5)23(31)14-21(18)25-15-26(36-17-20-9-7-6-8-10-20)27-24(34-25)11-12-32-29(27)28-19(2)16-33-35-28/h6-16H,17H2,1-5H3,(H,33,35). The lowest BCUT2D eigenvalue weighted by Gasteiger charge is -2.22. The van der Waals surface area contributed by atoms with Crippen molar-refractivity contribution in [3.63, 3.8) is 0 Å². The van der Waals surface area contributed by atoms with Crippen LogP contribution in [0.25, 0.3) is 33.5 Å². The molecule has 0 aliphatic carbocycles. The fourth-order valence-electron chi connectivity index (χ4n) is 4.44. The molecule has 3 heterocycles. The number of H-pyrrole nitrogens is 1. The molecule has 0 bridgehead atoms. The topological polar surface area (TPSA) is 63.7 Å². The van der Waals surface area contributed by atoms with Gasteiger partial charge in [0.05, 0.1) is 28.5 Å². The Hall–Kier alpha value is -3.70. The van der Waals surface area contributed by atoms with E-state index in [-0.39, 0.29) is 5.41 Å². The van der Waals surface area contributed by atoms with E-state index in [4.69, 9.17) is 21.3 Å². The normalized spacial score (nSPS) is 11.7. The second-order valence-corrected chi connectivity index (χ2v) is 10.6. The number of aryl methyl sites for hydroxylation is 2. The first-order chi connectivity index (χ1) is 17.2. The quantitative estimate of drug-likeness (QED) is 0.269. The van der Waals surface area contributed by atoms with Gasteiger partial charge in [0.25, 0.3) is 0 Å². The Morgan fingerprint density at radius 2 is 1.75 bits per heavy atom. The zero-order valence-electron chi connectivity index (χ0n) is 21.2. The van der Waals surface area contributed by atoms with Crippen LogP contribution in [0, 0.1) is 13.8 Å². The summed E-state index contributed by atoms with van der Waals surface area (Å²) in [6.07, 6.45) is 3.57. The van der Waals surface area contributed by atoms with Crippen molar-refractivity contribution in [2.24, 2.45) is 0 Å². The van der Waals surface area contributed by atoms with E-state index >= 15 is 0 Å². The molecule has 36 heavy (non-hydrogen) atoms. The lowest BCUT2D eigenvalue weighted by molar-refractivity contribution is 0.310. The zero-order valence-corrected chi connectivity index (χ0v) is 21.9. The van der Waals surface area contributed by atoms with Crippen LogP contribution in [0.1, 0.15) is 43.0 Å². The molecule has 2 aromatic carbocycles. The molecule has 5 nitrogen and oxygen atoms in total. The number of pyridine rings is 2. The lowest BCUT2D eigenvalue weighted by atomic mass is 9.85. The minimum absolute atomic E-state index is 0.0519. The van der Waals surface area contributed by atoms with Gasteiger partial charge in [-0.1, -0.05) is 68.8 Å². The molecule has 3 aromatic heterocycles. The predicted molar refractivity (Wildman–Crippen MR) is 147 cm³/mol. The fourth-order valence-corrected chi connectivity index (χ4v) is 4.89. The summed E-state index contributed by atoms with van der Waals surface area (Å²) < 4.78 is 6.45. The van der Waals surface area contributed by atoms with Crippen LogP contribution < -0.4 is 4.74 Å². The third-order valence-corrected chi connectivity index (χ3v) is 6.70. The molecule has 0 aliphatic rings. The van der Waals surface area contributed by atoms with Crippen molar-refractivity contribution in [2.45, 2.75) is 46.6 Å². The fraction of sp³-hybridized carbons (Fsp3) is 0.233. The summed E-state index contributed by atoms with van der Waals surface area (Å²) in [5.74, 6) is 0.714. The maximum atomic E-state index is 6.77. The zero-order chi connectivity index (χ0) is 25.4. The van der Waals surface area contributed by atoms with Gasteiger partial charge in [0, 0.05) is 22.8 Å². The highest BCUT2D eigenvalue weighted by Crippen LogP contribution is 2.39. The number of hydrogen-bond donors (Lipinski definition) is 1. The summed E-state index contributed by atoms with van der Waals surface area (Å²) in [6, 6.07) is 18.2. The Balaban J connectivity index is 1.70. The Kier molecular flexibility index (Phi) is 6.27. The highest BCUT2D eigenvalue weighted by Gasteiger charge is 2.21. The molecule has 0 saturated carbocycles. The van der Waals surface area contributed by atoms with Gasteiger partial charge >= 0.3 is 0 Å². The molecule has 0 atom stereocenters.